The maximum Gasteiger partial charge on any atom is 0.152 e. The van der Waals surface area contributed by atoms with Crippen molar-refractivity contribution in [2.24, 2.45) is 5.92 Å². The number of ether oxygens (including phenoxy) is 2. The third-order valence-electron chi connectivity index (χ3n) is 7.31. The molecule has 8 nitrogen and oxygen atoms in total. The topological polar surface area (TPSA) is 91.8 Å². The maximum absolute atomic E-state index is 9.80. The lowest BCUT2D eigenvalue weighted by Crippen LogP contribution is -2.37. The van der Waals surface area contributed by atoms with Crippen LogP contribution in [-0.4, -0.2) is 73.3 Å². The van der Waals surface area contributed by atoms with Gasteiger partial charge in [-0.15, -0.1) is 0 Å². The number of pyridine rings is 2. The van der Waals surface area contributed by atoms with E-state index >= 15 is 0 Å². The Bertz CT molecular complexity index is 973. The van der Waals surface area contributed by atoms with Crippen molar-refractivity contribution in [1.29, 1.82) is 0 Å². The quantitative estimate of drug-likeness (QED) is 0.520. The number of aliphatic hydroxyl groups excluding tert-OH is 1. The Morgan fingerprint density at radius 2 is 1.69 bits per heavy atom. The Balaban J connectivity index is 1.38. The summed E-state index contributed by atoms with van der Waals surface area (Å²) >= 11 is 6.62. The van der Waals surface area contributed by atoms with Gasteiger partial charge in [0.15, 0.2) is 5.82 Å². The zero-order chi connectivity index (χ0) is 24.0. The average Bonchev–Trinajstić information content (AvgIpc) is 2.91. The van der Waals surface area contributed by atoms with Crippen LogP contribution in [0.4, 0.5) is 17.3 Å². The van der Waals surface area contributed by atoms with Gasteiger partial charge in [-0.1, -0.05) is 11.6 Å². The third kappa shape index (κ3) is 6.36. The highest BCUT2D eigenvalue weighted by Gasteiger charge is 2.22. The highest BCUT2D eigenvalue weighted by Crippen LogP contribution is 2.35. The molecular weight excluding hydrogens is 466 g/mol. The number of halogens is 1. The number of hydrogen-bond donors (Lipinski definition) is 3. The van der Waals surface area contributed by atoms with E-state index in [1.54, 1.807) is 6.20 Å². The minimum Gasteiger partial charge on any atom is -0.393 e. The Morgan fingerprint density at radius 1 is 0.943 bits per heavy atom. The van der Waals surface area contributed by atoms with Crippen molar-refractivity contribution in [3.63, 3.8) is 0 Å². The molecular formula is C26H36ClN5O3. The van der Waals surface area contributed by atoms with E-state index in [1.165, 1.54) is 0 Å². The predicted octanol–water partition coefficient (Wildman–Crippen LogP) is 4.19. The minimum atomic E-state index is -0.176. The highest BCUT2D eigenvalue weighted by atomic mass is 35.5. The van der Waals surface area contributed by atoms with E-state index in [4.69, 9.17) is 26.1 Å². The molecule has 0 spiro atoms. The summed E-state index contributed by atoms with van der Waals surface area (Å²) in [4.78, 5) is 11.7. The second-order valence-electron chi connectivity index (χ2n) is 9.83. The summed E-state index contributed by atoms with van der Waals surface area (Å²) < 4.78 is 11.1. The van der Waals surface area contributed by atoms with Gasteiger partial charge in [0.2, 0.25) is 0 Å². The van der Waals surface area contributed by atoms with E-state index in [9.17, 15) is 5.11 Å². The SMILES string of the molecule is OC1CCC(Nc2cc(-c3cnc(N4CCOCC4)c(NCC4CCOCC4)c3)c(Cl)cn2)CC1. The number of hydrogen-bond acceptors (Lipinski definition) is 8. The fraction of sp³-hybridized carbons (Fsp3) is 0.615. The van der Waals surface area contributed by atoms with Crippen molar-refractivity contribution in [3.05, 3.63) is 29.5 Å². The summed E-state index contributed by atoms with van der Waals surface area (Å²) in [5, 5.41) is 17.6. The highest BCUT2D eigenvalue weighted by molar-refractivity contribution is 6.33. The van der Waals surface area contributed by atoms with Gasteiger partial charge in [0.25, 0.3) is 0 Å². The fourth-order valence-corrected chi connectivity index (χ4v) is 5.35. The van der Waals surface area contributed by atoms with Gasteiger partial charge in [0.1, 0.15) is 5.82 Å². The van der Waals surface area contributed by atoms with Gasteiger partial charge in [-0.25, -0.2) is 9.97 Å². The van der Waals surface area contributed by atoms with Crippen molar-refractivity contribution in [2.45, 2.75) is 50.7 Å². The molecule has 9 heteroatoms. The summed E-state index contributed by atoms with van der Waals surface area (Å²) in [6.45, 7) is 5.66. The monoisotopic (exact) mass is 501 g/mol. The number of morpholine rings is 1. The lowest BCUT2D eigenvalue weighted by molar-refractivity contribution is 0.0699. The first-order chi connectivity index (χ1) is 17.2. The van der Waals surface area contributed by atoms with E-state index in [1.807, 2.05) is 12.3 Å². The second kappa shape index (κ2) is 11.7. The Morgan fingerprint density at radius 3 is 2.46 bits per heavy atom. The van der Waals surface area contributed by atoms with Crippen LogP contribution in [0.2, 0.25) is 5.02 Å². The van der Waals surface area contributed by atoms with Gasteiger partial charge in [0, 0.05) is 62.4 Å². The maximum atomic E-state index is 9.80. The Kier molecular flexibility index (Phi) is 8.24. The van der Waals surface area contributed by atoms with Crippen LogP contribution in [0.1, 0.15) is 38.5 Å². The van der Waals surface area contributed by atoms with E-state index in [-0.39, 0.29) is 6.10 Å². The van der Waals surface area contributed by atoms with Crippen LogP contribution in [0.25, 0.3) is 11.1 Å². The molecule has 3 aliphatic rings. The smallest absolute Gasteiger partial charge is 0.152 e. The van der Waals surface area contributed by atoms with Crippen molar-refractivity contribution in [3.8, 4) is 11.1 Å². The van der Waals surface area contributed by atoms with Crippen LogP contribution in [0.5, 0.6) is 0 Å². The number of nitrogens with one attached hydrogen (secondary N) is 2. The first kappa shape index (κ1) is 24.6. The number of anilines is 3. The van der Waals surface area contributed by atoms with Crippen LogP contribution >= 0.6 is 11.6 Å². The van der Waals surface area contributed by atoms with Gasteiger partial charge in [-0.3, -0.25) is 0 Å². The molecule has 3 N–H and O–H groups in total. The van der Waals surface area contributed by atoms with Crippen molar-refractivity contribution in [1.82, 2.24) is 9.97 Å². The van der Waals surface area contributed by atoms with Gasteiger partial charge in [-0.05, 0) is 56.6 Å². The number of aliphatic hydroxyl groups is 1. The summed E-state index contributed by atoms with van der Waals surface area (Å²) in [6.07, 6.45) is 9.14. The molecule has 0 atom stereocenters. The third-order valence-corrected chi connectivity index (χ3v) is 7.62. The van der Waals surface area contributed by atoms with E-state index in [2.05, 4.69) is 26.6 Å². The lowest BCUT2D eigenvalue weighted by atomic mass is 9.93. The van der Waals surface area contributed by atoms with E-state index in [0.29, 0.717) is 30.2 Å². The molecule has 0 amide bonds. The molecule has 1 aliphatic carbocycles. The van der Waals surface area contributed by atoms with Crippen molar-refractivity contribution in [2.75, 3.05) is 61.6 Å². The molecule has 2 aliphatic heterocycles. The van der Waals surface area contributed by atoms with E-state index < -0.39 is 0 Å². The molecule has 3 fully saturated rings. The fourth-order valence-electron chi connectivity index (χ4n) is 5.14. The first-order valence-electron chi connectivity index (χ1n) is 12.9. The summed E-state index contributed by atoms with van der Waals surface area (Å²) in [6, 6.07) is 4.50. The molecule has 0 bridgehead atoms. The second-order valence-corrected chi connectivity index (χ2v) is 10.2. The van der Waals surface area contributed by atoms with Crippen molar-refractivity contribution >= 4 is 28.9 Å². The molecule has 4 heterocycles. The molecule has 1 saturated carbocycles. The van der Waals surface area contributed by atoms with Crippen LogP contribution < -0.4 is 15.5 Å². The minimum absolute atomic E-state index is 0.176. The largest absolute Gasteiger partial charge is 0.393 e. The summed E-state index contributed by atoms with van der Waals surface area (Å²) in [5.41, 5.74) is 2.90. The van der Waals surface area contributed by atoms with Gasteiger partial charge in [0.05, 0.1) is 30.0 Å². The molecule has 0 radical (unpaired) electrons. The number of aromatic nitrogens is 2. The molecule has 2 saturated heterocycles. The molecule has 0 unspecified atom stereocenters. The normalized spacial score (nSPS) is 23.8. The van der Waals surface area contributed by atoms with Gasteiger partial charge < -0.3 is 30.1 Å². The lowest BCUT2D eigenvalue weighted by Gasteiger charge is -2.30. The zero-order valence-electron chi connectivity index (χ0n) is 20.2. The van der Waals surface area contributed by atoms with Crippen LogP contribution in [0.15, 0.2) is 24.5 Å². The standard InChI is InChI=1S/C26H36ClN5O3/c27-23-17-29-25(31-20-1-3-21(33)4-2-20)14-22(23)19-13-24(28-15-18-5-9-34-10-6-18)26(30-16-19)32-7-11-35-12-8-32/h13-14,16-18,20-21,28,33H,1-12,15H2,(H,29,31). The van der Waals surface area contributed by atoms with Crippen LogP contribution in [0.3, 0.4) is 0 Å². The van der Waals surface area contributed by atoms with Gasteiger partial charge in [-0.2, -0.15) is 0 Å². The first-order valence-corrected chi connectivity index (χ1v) is 13.3. The van der Waals surface area contributed by atoms with Crippen LogP contribution in [0, 0.1) is 5.92 Å². The zero-order valence-corrected chi connectivity index (χ0v) is 21.0. The summed E-state index contributed by atoms with van der Waals surface area (Å²) in [5.74, 6) is 2.37. The van der Waals surface area contributed by atoms with Crippen LogP contribution in [-0.2, 0) is 9.47 Å². The molecule has 35 heavy (non-hydrogen) atoms. The Labute approximate surface area is 212 Å². The molecule has 2 aromatic rings. The van der Waals surface area contributed by atoms with E-state index in [0.717, 1.165) is 99.8 Å². The number of nitrogens with zero attached hydrogens (tertiary/aromatic N) is 3. The molecule has 2 aromatic heterocycles. The Hall–Kier alpha value is -2.13. The predicted molar refractivity (Wildman–Crippen MR) is 139 cm³/mol. The number of rotatable bonds is 7. The average molecular weight is 502 g/mol. The van der Waals surface area contributed by atoms with Gasteiger partial charge >= 0.3 is 0 Å². The molecule has 190 valence electrons. The molecule has 0 aromatic carbocycles. The summed E-state index contributed by atoms with van der Waals surface area (Å²) in [7, 11) is 0. The molecule has 5 rings (SSSR count). The van der Waals surface area contributed by atoms with Crippen molar-refractivity contribution < 1.29 is 14.6 Å².